The van der Waals surface area contributed by atoms with E-state index in [0.29, 0.717) is 30.6 Å². The average molecular weight is 405 g/mol. The summed E-state index contributed by atoms with van der Waals surface area (Å²) < 4.78 is 0. The molecule has 6 atom stereocenters. The SMILES string of the molecule is C=C1/C(=C\C=C\[C@@H]2CC[C@](C)([C@@H](C)CC[C@H](O)C(C)C)C2(C)C)C[C@@H](O)C[C@@H]1O. The topological polar surface area (TPSA) is 60.7 Å². The van der Waals surface area contributed by atoms with E-state index in [2.05, 4.69) is 60.3 Å². The lowest BCUT2D eigenvalue weighted by Crippen LogP contribution is -2.39. The maximum atomic E-state index is 10.2. The van der Waals surface area contributed by atoms with Gasteiger partial charge < -0.3 is 15.3 Å². The van der Waals surface area contributed by atoms with Crippen molar-refractivity contribution in [1.82, 2.24) is 0 Å². The molecule has 0 bridgehead atoms. The number of hydrogen-bond acceptors (Lipinski definition) is 3. The highest BCUT2D eigenvalue weighted by atomic mass is 16.3. The highest BCUT2D eigenvalue weighted by Crippen LogP contribution is 2.60. The van der Waals surface area contributed by atoms with Crippen LogP contribution < -0.4 is 0 Å². The van der Waals surface area contributed by atoms with Crippen LogP contribution in [0.15, 0.2) is 36.0 Å². The molecule has 2 saturated carbocycles. The van der Waals surface area contributed by atoms with Crippen molar-refractivity contribution in [2.75, 3.05) is 0 Å². The molecule has 0 aromatic carbocycles. The smallest absolute Gasteiger partial charge is 0.0811 e. The quantitative estimate of drug-likeness (QED) is 0.531. The van der Waals surface area contributed by atoms with Gasteiger partial charge in [-0.2, -0.15) is 0 Å². The predicted octanol–water partition coefficient (Wildman–Crippen LogP) is 5.42. The van der Waals surface area contributed by atoms with Crippen molar-refractivity contribution in [3.63, 3.8) is 0 Å². The fourth-order valence-electron chi connectivity index (χ4n) is 5.42. The Kier molecular flexibility index (Phi) is 7.98. The summed E-state index contributed by atoms with van der Waals surface area (Å²) in [7, 11) is 0. The monoisotopic (exact) mass is 404 g/mol. The van der Waals surface area contributed by atoms with E-state index in [1.54, 1.807) is 0 Å². The largest absolute Gasteiger partial charge is 0.393 e. The lowest BCUT2D eigenvalue weighted by atomic mass is 9.59. The Bertz CT molecular complexity index is 630. The molecule has 29 heavy (non-hydrogen) atoms. The van der Waals surface area contributed by atoms with E-state index < -0.39 is 12.2 Å². The summed E-state index contributed by atoms with van der Waals surface area (Å²) in [4.78, 5) is 0. The minimum atomic E-state index is -0.633. The van der Waals surface area contributed by atoms with Crippen LogP contribution in [0.1, 0.15) is 80.1 Å². The lowest BCUT2D eigenvalue weighted by molar-refractivity contribution is 0.0277. The van der Waals surface area contributed by atoms with E-state index in [1.807, 2.05) is 6.08 Å². The summed E-state index contributed by atoms with van der Waals surface area (Å²) in [5.41, 5.74) is 2.12. The number of aliphatic hydroxyl groups is 3. The van der Waals surface area contributed by atoms with Gasteiger partial charge in [-0.3, -0.25) is 0 Å². The van der Waals surface area contributed by atoms with Crippen molar-refractivity contribution in [2.24, 2.45) is 28.6 Å². The predicted molar refractivity (Wildman–Crippen MR) is 121 cm³/mol. The molecule has 0 saturated heterocycles. The third-order valence-corrected chi connectivity index (χ3v) is 8.53. The van der Waals surface area contributed by atoms with Crippen molar-refractivity contribution in [3.8, 4) is 0 Å². The van der Waals surface area contributed by atoms with Crippen LogP contribution >= 0.6 is 0 Å². The van der Waals surface area contributed by atoms with E-state index in [4.69, 9.17) is 0 Å². The van der Waals surface area contributed by atoms with Gasteiger partial charge in [0.1, 0.15) is 0 Å². The molecule has 3 heteroatoms. The molecule has 0 spiro atoms. The molecule has 2 aliphatic carbocycles. The minimum absolute atomic E-state index is 0.173. The van der Waals surface area contributed by atoms with Crippen molar-refractivity contribution in [1.29, 1.82) is 0 Å². The van der Waals surface area contributed by atoms with Crippen LogP contribution in [0, 0.1) is 28.6 Å². The normalized spacial score (nSPS) is 36.3. The molecular weight excluding hydrogens is 360 g/mol. The zero-order valence-electron chi connectivity index (χ0n) is 19.5. The van der Waals surface area contributed by atoms with E-state index in [1.165, 1.54) is 12.8 Å². The molecule has 0 aromatic rings. The first-order chi connectivity index (χ1) is 13.4. The molecule has 3 nitrogen and oxygen atoms in total. The van der Waals surface area contributed by atoms with E-state index >= 15 is 0 Å². The third kappa shape index (κ3) is 5.24. The maximum absolute atomic E-state index is 10.2. The molecule has 0 amide bonds. The Morgan fingerprint density at radius 3 is 2.41 bits per heavy atom. The van der Waals surface area contributed by atoms with Crippen molar-refractivity contribution < 1.29 is 15.3 Å². The van der Waals surface area contributed by atoms with Gasteiger partial charge in [0.15, 0.2) is 0 Å². The third-order valence-electron chi connectivity index (χ3n) is 8.53. The van der Waals surface area contributed by atoms with Crippen LogP contribution in [-0.2, 0) is 0 Å². The van der Waals surface area contributed by atoms with Crippen molar-refractivity contribution >= 4 is 0 Å². The van der Waals surface area contributed by atoms with Crippen LogP contribution in [0.25, 0.3) is 0 Å². The first kappa shape index (κ1) is 24.4. The van der Waals surface area contributed by atoms with Gasteiger partial charge in [-0.05, 0) is 71.8 Å². The van der Waals surface area contributed by atoms with Gasteiger partial charge in [0.25, 0.3) is 0 Å². The van der Waals surface area contributed by atoms with Gasteiger partial charge in [-0.1, -0.05) is 66.3 Å². The van der Waals surface area contributed by atoms with Crippen molar-refractivity contribution in [3.05, 3.63) is 36.0 Å². The van der Waals surface area contributed by atoms with Crippen LogP contribution in [0.5, 0.6) is 0 Å². The lowest BCUT2D eigenvalue weighted by Gasteiger charge is -2.46. The summed E-state index contributed by atoms with van der Waals surface area (Å²) >= 11 is 0. The molecule has 2 rings (SSSR count). The number of aliphatic hydroxyl groups excluding tert-OH is 3. The van der Waals surface area contributed by atoms with Gasteiger partial charge in [-0.25, -0.2) is 0 Å². The highest BCUT2D eigenvalue weighted by Gasteiger charge is 2.52. The molecule has 0 heterocycles. The number of rotatable bonds is 7. The van der Waals surface area contributed by atoms with E-state index in [9.17, 15) is 15.3 Å². The molecule has 0 aromatic heterocycles. The van der Waals surface area contributed by atoms with Gasteiger partial charge in [0.2, 0.25) is 0 Å². The number of hydrogen-bond donors (Lipinski definition) is 3. The second-order valence-corrected chi connectivity index (χ2v) is 10.8. The zero-order valence-corrected chi connectivity index (χ0v) is 19.5. The average Bonchev–Trinajstić information content (AvgIpc) is 2.87. The van der Waals surface area contributed by atoms with Crippen LogP contribution in [-0.4, -0.2) is 33.6 Å². The minimum Gasteiger partial charge on any atom is -0.393 e. The highest BCUT2D eigenvalue weighted by molar-refractivity contribution is 5.37. The second-order valence-electron chi connectivity index (χ2n) is 10.8. The fraction of sp³-hybridized carbons (Fsp3) is 0.769. The van der Waals surface area contributed by atoms with E-state index in [-0.39, 0.29) is 16.9 Å². The molecule has 0 aliphatic heterocycles. The summed E-state index contributed by atoms with van der Waals surface area (Å²) in [5.74, 6) is 1.38. The summed E-state index contributed by atoms with van der Waals surface area (Å²) in [6.07, 6.45) is 10.4. The Labute approximate surface area is 178 Å². The first-order valence-electron chi connectivity index (χ1n) is 11.5. The molecule has 2 fully saturated rings. The Balaban J connectivity index is 2.06. The molecular formula is C26H44O3. The maximum Gasteiger partial charge on any atom is 0.0811 e. The first-order valence-corrected chi connectivity index (χ1v) is 11.5. The van der Waals surface area contributed by atoms with Crippen LogP contribution in [0.3, 0.4) is 0 Å². The summed E-state index contributed by atoms with van der Waals surface area (Å²) in [6.45, 7) is 17.8. The van der Waals surface area contributed by atoms with Crippen LogP contribution in [0.4, 0.5) is 0 Å². The molecule has 0 unspecified atom stereocenters. The molecule has 166 valence electrons. The molecule has 3 N–H and O–H groups in total. The summed E-state index contributed by atoms with van der Waals surface area (Å²) in [5, 5.41) is 30.2. The van der Waals surface area contributed by atoms with Crippen molar-refractivity contribution in [2.45, 2.75) is 98.4 Å². The standard InChI is InChI=1S/C26H44O3/c1-17(2)23(28)12-11-18(3)26(7)14-13-21(25(26,5)6)10-8-9-20-15-22(27)16-24(29)19(20)4/h8-10,17-18,21-24,27-29H,4,11-16H2,1-3,5-7H3/b10-8+,20-9-/t18-,21+,22+,23-,24-,26+/m0/s1. The van der Waals surface area contributed by atoms with E-state index in [0.717, 1.165) is 24.0 Å². The Morgan fingerprint density at radius 1 is 1.14 bits per heavy atom. The van der Waals surface area contributed by atoms with Gasteiger partial charge in [-0.15, -0.1) is 0 Å². The zero-order chi connectivity index (χ0) is 22.0. The fourth-order valence-corrected chi connectivity index (χ4v) is 5.42. The van der Waals surface area contributed by atoms with Crippen LogP contribution in [0.2, 0.25) is 0 Å². The van der Waals surface area contributed by atoms with Gasteiger partial charge in [0.05, 0.1) is 18.3 Å². The molecule has 2 aliphatic rings. The van der Waals surface area contributed by atoms with Gasteiger partial charge in [0, 0.05) is 6.42 Å². The Hall–Kier alpha value is -0.900. The molecule has 0 radical (unpaired) electrons. The van der Waals surface area contributed by atoms with Gasteiger partial charge >= 0.3 is 0 Å². The number of allylic oxidation sites excluding steroid dienone is 3. The Morgan fingerprint density at radius 2 is 1.79 bits per heavy atom. The summed E-state index contributed by atoms with van der Waals surface area (Å²) in [6, 6.07) is 0. The second kappa shape index (κ2) is 9.49.